The quantitative estimate of drug-likeness (QED) is 0.474. The van der Waals surface area contributed by atoms with Crippen molar-refractivity contribution in [2.45, 2.75) is 19.4 Å². The number of carbonyl (C=O) groups excluding carboxylic acids is 4. The number of aryl methyl sites for hydroxylation is 2. The summed E-state index contributed by atoms with van der Waals surface area (Å²) < 4.78 is 0. The molecule has 0 aliphatic carbocycles. The van der Waals surface area contributed by atoms with Crippen LogP contribution in [0.3, 0.4) is 0 Å². The minimum absolute atomic E-state index is 0.0801. The van der Waals surface area contributed by atoms with Crippen LogP contribution >= 0.6 is 0 Å². The number of amides is 5. The third-order valence-electron chi connectivity index (χ3n) is 6.68. The molecule has 2 aliphatic heterocycles. The van der Waals surface area contributed by atoms with E-state index < -0.39 is 29.3 Å². The van der Waals surface area contributed by atoms with Crippen molar-refractivity contribution in [3.8, 4) is 0 Å². The first-order chi connectivity index (χ1) is 16.3. The van der Waals surface area contributed by atoms with Crippen LogP contribution in [0.4, 0.5) is 4.79 Å². The molecule has 5 rings (SSSR count). The highest BCUT2D eigenvalue weighted by molar-refractivity contribution is 6.21. The van der Waals surface area contributed by atoms with Gasteiger partial charge in [-0.3, -0.25) is 24.2 Å². The van der Waals surface area contributed by atoms with Gasteiger partial charge >= 0.3 is 6.03 Å². The Labute approximate surface area is 197 Å². The second-order valence-electron chi connectivity index (χ2n) is 8.61. The van der Waals surface area contributed by atoms with Crippen molar-refractivity contribution in [3.05, 3.63) is 106 Å². The average Bonchev–Trinajstić information content (AvgIpc) is 3.25. The van der Waals surface area contributed by atoms with Crippen LogP contribution in [0.15, 0.2) is 72.8 Å². The number of nitrogens with zero attached hydrogens (tertiary/aromatic N) is 2. The lowest BCUT2D eigenvalue weighted by Crippen LogP contribution is -2.46. The molecule has 2 aliphatic rings. The summed E-state index contributed by atoms with van der Waals surface area (Å²) in [7, 11) is 0. The Morgan fingerprint density at radius 2 is 1.26 bits per heavy atom. The van der Waals surface area contributed by atoms with E-state index in [4.69, 9.17) is 0 Å². The largest absolute Gasteiger partial charge is 0.325 e. The summed E-state index contributed by atoms with van der Waals surface area (Å²) in [5.41, 5.74) is 2.64. The summed E-state index contributed by atoms with van der Waals surface area (Å²) in [5, 5.41) is 2.91. The van der Waals surface area contributed by atoms with Gasteiger partial charge in [0.1, 0.15) is 0 Å². The minimum atomic E-state index is -1.39. The van der Waals surface area contributed by atoms with Gasteiger partial charge in [-0.05, 0) is 48.2 Å². The molecule has 170 valence electrons. The molecule has 3 aromatic carbocycles. The Balaban J connectivity index is 1.47. The molecule has 1 N–H and O–H groups in total. The van der Waals surface area contributed by atoms with Gasteiger partial charge in [0.2, 0.25) is 0 Å². The Hall–Kier alpha value is -4.26. The van der Waals surface area contributed by atoms with Gasteiger partial charge in [0.25, 0.3) is 17.7 Å². The highest BCUT2D eigenvalue weighted by Crippen LogP contribution is 2.37. The van der Waals surface area contributed by atoms with Crippen LogP contribution in [0, 0.1) is 13.8 Å². The predicted molar refractivity (Wildman–Crippen MR) is 125 cm³/mol. The van der Waals surface area contributed by atoms with E-state index in [0.29, 0.717) is 22.3 Å². The zero-order valence-electron chi connectivity index (χ0n) is 18.9. The fourth-order valence-electron chi connectivity index (χ4n) is 4.64. The van der Waals surface area contributed by atoms with Gasteiger partial charge in [0.15, 0.2) is 5.54 Å². The van der Waals surface area contributed by atoms with Crippen LogP contribution in [0.5, 0.6) is 0 Å². The topological polar surface area (TPSA) is 86.8 Å². The average molecular weight is 453 g/mol. The highest BCUT2D eigenvalue weighted by atomic mass is 16.2. The van der Waals surface area contributed by atoms with E-state index in [1.165, 1.54) is 0 Å². The van der Waals surface area contributed by atoms with Crippen molar-refractivity contribution >= 4 is 23.8 Å². The highest BCUT2D eigenvalue weighted by Gasteiger charge is 2.54. The molecule has 0 spiro atoms. The Kier molecular flexibility index (Phi) is 5.05. The molecule has 5 amide bonds. The monoisotopic (exact) mass is 453 g/mol. The summed E-state index contributed by atoms with van der Waals surface area (Å²) in [6.07, 6.45) is 0. The minimum Gasteiger partial charge on any atom is -0.315 e. The molecule has 0 unspecified atom stereocenters. The van der Waals surface area contributed by atoms with Crippen LogP contribution in [0.25, 0.3) is 0 Å². The molecule has 0 aromatic heterocycles. The van der Waals surface area contributed by atoms with E-state index in [9.17, 15) is 19.2 Å². The van der Waals surface area contributed by atoms with Crippen molar-refractivity contribution in [2.24, 2.45) is 0 Å². The lowest BCUT2D eigenvalue weighted by molar-refractivity contribution is -0.130. The zero-order chi connectivity index (χ0) is 24.0. The van der Waals surface area contributed by atoms with Crippen LogP contribution in [-0.4, -0.2) is 46.6 Å². The summed E-state index contributed by atoms with van der Waals surface area (Å²) >= 11 is 0. The summed E-state index contributed by atoms with van der Waals surface area (Å²) in [6, 6.07) is 20.8. The van der Waals surface area contributed by atoms with Crippen LogP contribution in [0.2, 0.25) is 0 Å². The third-order valence-corrected chi connectivity index (χ3v) is 6.68. The van der Waals surface area contributed by atoms with Crippen molar-refractivity contribution in [2.75, 3.05) is 13.1 Å². The molecule has 7 heteroatoms. The van der Waals surface area contributed by atoms with Gasteiger partial charge in [-0.2, -0.15) is 0 Å². The summed E-state index contributed by atoms with van der Waals surface area (Å²) in [4.78, 5) is 54.6. The normalized spacial score (nSPS) is 19.6. The molecule has 1 saturated heterocycles. The second kappa shape index (κ2) is 7.95. The van der Waals surface area contributed by atoms with Gasteiger partial charge in [-0.1, -0.05) is 60.7 Å². The van der Waals surface area contributed by atoms with E-state index >= 15 is 0 Å². The molecule has 7 nitrogen and oxygen atoms in total. The van der Waals surface area contributed by atoms with Gasteiger partial charge in [0, 0.05) is 13.1 Å². The first-order valence-corrected chi connectivity index (χ1v) is 11.1. The van der Waals surface area contributed by atoms with E-state index in [2.05, 4.69) is 5.32 Å². The number of hydrogen-bond donors (Lipinski definition) is 1. The molecule has 1 atom stereocenters. The Morgan fingerprint density at radius 1 is 0.676 bits per heavy atom. The van der Waals surface area contributed by atoms with E-state index in [1.54, 1.807) is 36.4 Å². The van der Waals surface area contributed by atoms with E-state index in [-0.39, 0.29) is 13.1 Å². The molecule has 3 aromatic rings. The smallest absolute Gasteiger partial charge is 0.315 e. The number of urea groups is 1. The lowest BCUT2D eigenvalue weighted by atomic mass is 9.81. The van der Waals surface area contributed by atoms with Crippen molar-refractivity contribution in [1.29, 1.82) is 0 Å². The first kappa shape index (κ1) is 21.6. The molecular formula is C27H23N3O4. The predicted octanol–water partition coefficient (Wildman–Crippen LogP) is 3.40. The molecule has 0 bridgehead atoms. The molecule has 1 fully saturated rings. The number of benzene rings is 3. The number of nitrogens with one attached hydrogen (secondary N) is 1. The maximum absolute atomic E-state index is 13.9. The molecule has 0 saturated carbocycles. The fourth-order valence-corrected chi connectivity index (χ4v) is 4.64. The number of hydrogen-bond acceptors (Lipinski definition) is 4. The van der Waals surface area contributed by atoms with E-state index in [1.807, 2.05) is 50.2 Å². The van der Waals surface area contributed by atoms with Crippen LogP contribution < -0.4 is 5.32 Å². The van der Waals surface area contributed by atoms with Gasteiger partial charge < -0.3 is 5.32 Å². The Bertz CT molecular complexity index is 1320. The third kappa shape index (κ3) is 3.12. The van der Waals surface area contributed by atoms with Crippen LogP contribution in [-0.2, 0) is 10.3 Å². The molecule has 0 radical (unpaired) electrons. The fraction of sp³-hybridized carbons (Fsp3) is 0.185. The zero-order valence-corrected chi connectivity index (χ0v) is 18.9. The number of fused-ring (bicyclic) bond motifs is 1. The standard InChI is InChI=1S/C27H23N3O4/c1-17-12-13-20(16-18(17)2)27(19-8-4-3-5-9-19)25(33)30(26(34)28-27)15-14-29-23(31)21-10-6-7-11-22(21)24(29)32/h3-13,16H,14-15H2,1-2H3,(H,28,34)/t27-/m1/s1. The summed E-state index contributed by atoms with van der Waals surface area (Å²) in [5.74, 6) is -1.28. The number of rotatable bonds is 5. The maximum atomic E-state index is 13.9. The number of imide groups is 2. The maximum Gasteiger partial charge on any atom is 0.325 e. The first-order valence-electron chi connectivity index (χ1n) is 11.1. The molecule has 2 heterocycles. The van der Waals surface area contributed by atoms with Gasteiger partial charge in [0.05, 0.1) is 11.1 Å². The van der Waals surface area contributed by atoms with Gasteiger partial charge in [-0.25, -0.2) is 4.79 Å². The van der Waals surface area contributed by atoms with Gasteiger partial charge in [-0.15, -0.1) is 0 Å². The number of carbonyl (C=O) groups is 4. The summed E-state index contributed by atoms with van der Waals surface area (Å²) in [6.45, 7) is 3.76. The molecule has 34 heavy (non-hydrogen) atoms. The Morgan fingerprint density at radius 3 is 1.88 bits per heavy atom. The van der Waals surface area contributed by atoms with Crippen LogP contribution in [0.1, 0.15) is 43.0 Å². The van der Waals surface area contributed by atoms with Crippen molar-refractivity contribution < 1.29 is 19.2 Å². The SMILES string of the molecule is Cc1ccc([C@@]2(c3ccccc3)NC(=O)N(CCN3C(=O)c4ccccc4C3=O)C2=O)cc1C. The van der Waals surface area contributed by atoms with E-state index in [0.717, 1.165) is 20.9 Å². The van der Waals surface area contributed by atoms with Crippen molar-refractivity contribution in [3.63, 3.8) is 0 Å². The molecular weight excluding hydrogens is 430 g/mol. The van der Waals surface area contributed by atoms with Crippen molar-refractivity contribution in [1.82, 2.24) is 15.1 Å². The second-order valence-corrected chi connectivity index (χ2v) is 8.61. The lowest BCUT2D eigenvalue weighted by Gasteiger charge is -2.29.